The summed E-state index contributed by atoms with van der Waals surface area (Å²) in [6.45, 7) is 5.99. The molecular formula is C20H19ClN2O2. The summed E-state index contributed by atoms with van der Waals surface area (Å²) >= 11 is 6.17. The van der Waals surface area contributed by atoms with Crippen LogP contribution < -0.4 is 10.2 Å². The third kappa shape index (κ3) is 3.05. The van der Waals surface area contributed by atoms with Crippen molar-refractivity contribution in [3.63, 3.8) is 0 Å². The number of anilines is 2. The molecule has 5 heteroatoms. The van der Waals surface area contributed by atoms with Crippen molar-refractivity contribution in [1.82, 2.24) is 0 Å². The standard InChI is InChI=1S/C20H19ClN2O2/c1-4-14-8-10-15(11-9-14)23-19(24)17(21)18(20(23)25)22-16-7-5-6-12(2)13(16)3/h5-11,22H,4H2,1-3H3. The minimum absolute atomic E-state index is 0.0922. The molecule has 0 aliphatic carbocycles. The first-order valence-electron chi connectivity index (χ1n) is 8.14. The Hall–Kier alpha value is -2.59. The van der Waals surface area contributed by atoms with Gasteiger partial charge in [0.25, 0.3) is 11.8 Å². The van der Waals surface area contributed by atoms with Gasteiger partial charge in [-0.25, -0.2) is 4.90 Å². The Morgan fingerprint density at radius 2 is 1.68 bits per heavy atom. The molecule has 2 amide bonds. The maximum absolute atomic E-state index is 12.8. The van der Waals surface area contributed by atoms with Crippen LogP contribution in [-0.4, -0.2) is 11.8 Å². The molecule has 1 aliphatic heterocycles. The number of carbonyl (C=O) groups is 2. The van der Waals surface area contributed by atoms with Crippen LogP contribution in [0.25, 0.3) is 0 Å². The number of benzene rings is 2. The lowest BCUT2D eigenvalue weighted by atomic mass is 10.1. The van der Waals surface area contributed by atoms with Crippen LogP contribution in [0.1, 0.15) is 23.6 Å². The van der Waals surface area contributed by atoms with Gasteiger partial charge in [-0.1, -0.05) is 42.8 Å². The van der Waals surface area contributed by atoms with Gasteiger partial charge in [-0.2, -0.15) is 0 Å². The topological polar surface area (TPSA) is 49.4 Å². The highest BCUT2D eigenvalue weighted by atomic mass is 35.5. The molecule has 0 radical (unpaired) electrons. The molecular weight excluding hydrogens is 336 g/mol. The van der Waals surface area contributed by atoms with E-state index < -0.39 is 11.8 Å². The Balaban J connectivity index is 1.92. The molecule has 1 N–H and O–H groups in total. The lowest BCUT2D eigenvalue weighted by molar-refractivity contribution is -0.120. The lowest BCUT2D eigenvalue weighted by Crippen LogP contribution is -2.32. The fourth-order valence-electron chi connectivity index (χ4n) is 2.75. The van der Waals surface area contributed by atoms with Crippen molar-refractivity contribution in [1.29, 1.82) is 0 Å². The van der Waals surface area contributed by atoms with E-state index in [1.54, 1.807) is 12.1 Å². The van der Waals surface area contributed by atoms with Gasteiger partial charge in [0.2, 0.25) is 0 Å². The van der Waals surface area contributed by atoms with Crippen molar-refractivity contribution in [3.05, 3.63) is 69.9 Å². The van der Waals surface area contributed by atoms with E-state index in [1.165, 1.54) is 0 Å². The van der Waals surface area contributed by atoms with Crippen LogP contribution in [0.5, 0.6) is 0 Å². The van der Waals surface area contributed by atoms with Gasteiger partial charge in [-0.15, -0.1) is 0 Å². The predicted molar refractivity (Wildman–Crippen MR) is 101 cm³/mol. The molecule has 0 saturated heterocycles. The van der Waals surface area contributed by atoms with E-state index in [-0.39, 0.29) is 10.7 Å². The summed E-state index contributed by atoms with van der Waals surface area (Å²) in [5.41, 5.74) is 4.62. The zero-order chi connectivity index (χ0) is 18.1. The summed E-state index contributed by atoms with van der Waals surface area (Å²) in [6, 6.07) is 13.1. The van der Waals surface area contributed by atoms with E-state index in [2.05, 4.69) is 5.32 Å². The molecule has 0 fully saturated rings. The Kier molecular flexibility index (Phi) is 4.64. The van der Waals surface area contributed by atoms with Crippen molar-refractivity contribution < 1.29 is 9.59 Å². The first kappa shape index (κ1) is 17.2. The quantitative estimate of drug-likeness (QED) is 0.833. The number of nitrogens with one attached hydrogen (secondary N) is 1. The first-order chi connectivity index (χ1) is 11.9. The molecule has 0 aromatic heterocycles. The number of carbonyl (C=O) groups excluding carboxylic acids is 2. The van der Waals surface area contributed by atoms with Gasteiger partial charge < -0.3 is 5.32 Å². The molecule has 4 nitrogen and oxygen atoms in total. The van der Waals surface area contributed by atoms with Crippen LogP contribution in [-0.2, 0) is 16.0 Å². The molecule has 2 aromatic rings. The first-order valence-corrected chi connectivity index (χ1v) is 8.52. The molecule has 0 atom stereocenters. The maximum Gasteiger partial charge on any atom is 0.283 e. The summed E-state index contributed by atoms with van der Waals surface area (Å²) in [4.78, 5) is 26.4. The van der Waals surface area contributed by atoms with E-state index in [9.17, 15) is 9.59 Å². The molecule has 0 unspecified atom stereocenters. The van der Waals surface area contributed by atoms with Crippen molar-refractivity contribution in [2.45, 2.75) is 27.2 Å². The van der Waals surface area contributed by atoms with E-state index in [0.717, 1.165) is 33.7 Å². The monoisotopic (exact) mass is 354 g/mol. The van der Waals surface area contributed by atoms with Gasteiger partial charge in [0, 0.05) is 5.69 Å². The number of aryl methyl sites for hydroxylation is 2. The van der Waals surface area contributed by atoms with Crippen molar-refractivity contribution in [3.8, 4) is 0 Å². The maximum atomic E-state index is 12.8. The molecule has 0 saturated carbocycles. The molecule has 1 heterocycles. The molecule has 0 bridgehead atoms. The normalized spacial score (nSPS) is 14.5. The molecule has 25 heavy (non-hydrogen) atoms. The summed E-state index contributed by atoms with van der Waals surface area (Å²) in [5, 5.41) is 2.95. The Bertz CT molecular complexity index is 885. The number of hydrogen-bond acceptors (Lipinski definition) is 3. The summed E-state index contributed by atoms with van der Waals surface area (Å²) in [5.74, 6) is -0.955. The van der Waals surface area contributed by atoms with Crippen molar-refractivity contribution in [2.24, 2.45) is 0 Å². The third-order valence-electron chi connectivity index (χ3n) is 4.49. The van der Waals surface area contributed by atoms with Gasteiger partial charge in [-0.3, -0.25) is 9.59 Å². The molecule has 2 aromatic carbocycles. The number of halogens is 1. The fourth-order valence-corrected chi connectivity index (χ4v) is 2.96. The molecule has 128 valence electrons. The third-order valence-corrected chi connectivity index (χ3v) is 4.85. The van der Waals surface area contributed by atoms with E-state index in [4.69, 9.17) is 11.6 Å². The van der Waals surface area contributed by atoms with Crippen molar-refractivity contribution >= 4 is 34.8 Å². The zero-order valence-corrected chi connectivity index (χ0v) is 15.1. The number of amides is 2. The van der Waals surface area contributed by atoms with Crippen molar-refractivity contribution in [2.75, 3.05) is 10.2 Å². The van der Waals surface area contributed by atoms with E-state index >= 15 is 0 Å². The second-order valence-electron chi connectivity index (χ2n) is 6.03. The number of hydrogen-bond donors (Lipinski definition) is 1. The van der Waals surface area contributed by atoms with E-state index in [0.29, 0.717) is 5.69 Å². The highest BCUT2D eigenvalue weighted by molar-refractivity contribution is 6.53. The number of nitrogens with zero attached hydrogens (tertiary/aromatic N) is 1. The van der Waals surface area contributed by atoms with Gasteiger partial charge in [0.15, 0.2) is 0 Å². The zero-order valence-electron chi connectivity index (χ0n) is 14.4. The number of rotatable bonds is 4. The summed E-state index contributed by atoms with van der Waals surface area (Å²) < 4.78 is 0. The number of imide groups is 1. The Morgan fingerprint density at radius 1 is 1.00 bits per heavy atom. The summed E-state index contributed by atoms with van der Waals surface area (Å²) in [7, 11) is 0. The molecule has 3 rings (SSSR count). The van der Waals surface area contributed by atoms with Gasteiger partial charge in [-0.05, 0) is 55.2 Å². The van der Waals surface area contributed by atoms with Crippen LogP contribution in [0.2, 0.25) is 0 Å². The fraction of sp³-hybridized carbons (Fsp3) is 0.200. The second-order valence-corrected chi connectivity index (χ2v) is 6.41. The van der Waals surface area contributed by atoms with Gasteiger partial charge in [0.1, 0.15) is 10.7 Å². The Morgan fingerprint density at radius 3 is 2.32 bits per heavy atom. The average molecular weight is 355 g/mol. The van der Waals surface area contributed by atoms with Crippen LogP contribution in [0.15, 0.2) is 53.2 Å². The SMILES string of the molecule is CCc1ccc(N2C(=O)C(Cl)=C(Nc3cccc(C)c3C)C2=O)cc1. The van der Waals surface area contributed by atoms with Gasteiger partial charge in [0.05, 0.1) is 5.69 Å². The van der Waals surface area contributed by atoms with Crippen LogP contribution in [0, 0.1) is 13.8 Å². The summed E-state index contributed by atoms with van der Waals surface area (Å²) in [6.07, 6.45) is 0.890. The lowest BCUT2D eigenvalue weighted by Gasteiger charge is -2.16. The smallest absolute Gasteiger partial charge is 0.283 e. The van der Waals surface area contributed by atoms with Gasteiger partial charge >= 0.3 is 0 Å². The average Bonchev–Trinajstić information content (AvgIpc) is 2.82. The van der Waals surface area contributed by atoms with Crippen LogP contribution >= 0.6 is 11.6 Å². The Labute approximate surface area is 152 Å². The minimum atomic E-state index is -0.510. The van der Waals surface area contributed by atoms with Crippen LogP contribution in [0.3, 0.4) is 0 Å². The molecule has 0 spiro atoms. The van der Waals surface area contributed by atoms with Crippen LogP contribution in [0.4, 0.5) is 11.4 Å². The molecule has 1 aliphatic rings. The highest BCUT2D eigenvalue weighted by Gasteiger charge is 2.39. The predicted octanol–water partition coefficient (Wildman–Crippen LogP) is 4.30. The largest absolute Gasteiger partial charge is 0.349 e. The minimum Gasteiger partial charge on any atom is -0.349 e. The second kappa shape index (κ2) is 6.73. The highest BCUT2D eigenvalue weighted by Crippen LogP contribution is 2.31. The van der Waals surface area contributed by atoms with E-state index in [1.807, 2.05) is 51.1 Å².